The lowest BCUT2D eigenvalue weighted by Gasteiger charge is -2.32. The molecule has 1 heterocycles. The van der Waals surface area contributed by atoms with Crippen LogP contribution in [0, 0.1) is 0 Å². The number of hydrogen-bond donors (Lipinski definition) is 1. The van der Waals surface area contributed by atoms with Crippen LogP contribution >= 0.6 is 27.5 Å². The van der Waals surface area contributed by atoms with Gasteiger partial charge in [0.05, 0.1) is 21.6 Å². The smallest absolute Gasteiger partial charge is 0.369 e. The number of fused-ring (bicyclic) bond motifs is 1. The van der Waals surface area contributed by atoms with E-state index in [2.05, 4.69) is 20.9 Å². The molecule has 188 valence electrons. The summed E-state index contributed by atoms with van der Waals surface area (Å²) in [5.41, 5.74) is -6.16. The largest absolute Gasteiger partial charge is 0.430 e. The Bertz CT molecular complexity index is 1470. The van der Waals surface area contributed by atoms with Crippen molar-refractivity contribution in [2.24, 2.45) is 0 Å². The summed E-state index contributed by atoms with van der Waals surface area (Å²) >= 11 is 9.39. The summed E-state index contributed by atoms with van der Waals surface area (Å²) in [5, 5.41) is 9.97. The molecule has 0 unspecified atom stereocenters. The maximum absolute atomic E-state index is 13.4. The standard InChI is InChI=1S/C24H14BrClF6N2O2/c25-17-12-19-16(11-18(17)26)21(35)34(20(33-19)10-13-4-2-1-3-5-13)15-8-6-14(7-9-15)22(36,23(27,28)29)24(30,31)32/h1-9,11-12,36H,10H2. The molecule has 0 aliphatic heterocycles. The molecule has 0 aliphatic rings. The van der Waals surface area contributed by atoms with Crippen molar-refractivity contribution in [1.29, 1.82) is 0 Å². The average Bonchev–Trinajstić information content (AvgIpc) is 2.80. The molecule has 4 nitrogen and oxygen atoms in total. The van der Waals surface area contributed by atoms with Crippen LogP contribution in [0.5, 0.6) is 0 Å². The molecule has 0 bridgehead atoms. The summed E-state index contributed by atoms with van der Waals surface area (Å²) in [7, 11) is 0. The van der Waals surface area contributed by atoms with Crippen LogP contribution in [0.15, 0.2) is 76.0 Å². The third kappa shape index (κ3) is 4.51. The highest BCUT2D eigenvalue weighted by Gasteiger charge is 2.71. The number of hydrogen-bond acceptors (Lipinski definition) is 3. The molecule has 0 atom stereocenters. The van der Waals surface area contributed by atoms with Crippen LogP contribution in [0.3, 0.4) is 0 Å². The van der Waals surface area contributed by atoms with E-state index in [-0.39, 0.29) is 28.3 Å². The lowest BCUT2D eigenvalue weighted by Crippen LogP contribution is -2.53. The van der Waals surface area contributed by atoms with Gasteiger partial charge in [0, 0.05) is 16.5 Å². The molecule has 0 saturated heterocycles. The first kappa shape index (κ1) is 26.2. The summed E-state index contributed by atoms with van der Waals surface area (Å²) in [6.07, 6.45) is -11.9. The molecule has 0 aliphatic carbocycles. The van der Waals surface area contributed by atoms with Crippen LogP contribution in [-0.2, 0) is 12.0 Å². The van der Waals surface area contributed by atoms with Crippen molar-refractivity contribution < 1.29 is 31.4 Å². The molecule has 4 aromatic rings. The average molecular weight is 592 g/mol. The van der Waals surface area contributed by atoms with Crippen molar-refractivity contribution in [3.63, 3.8) is 0 Å². The summed E-state index contributed by atoms with van der Waals surface area (Å²) < 4.78 is 81.2. The van der Waals surface area contributed by atoms with Gasteiger partial charge in [0.15, 0.2) is 0 Å². The Hall–Kier alpha value is -2.89. The molecule has 1 aromatic heterocycles. The Kier molecular flexibility index (Phi) is 6.69. The molecule has 1 N–H and O–H groups in total. The summed E-state index contributed by atoms with van der Waals surface area (Å²) in [6, 6.07) is 14.5. The van der Waals surface area contributed by atoms with Crippen LogP contribution in [0.4, 0.5) is 26.3 Å². The van der Waals surface area contributed by atoms with Gasteiger partial charge in [-0.25, -0.2) is 4.98 Å². The first-order valence-corrected chi connectivity index (χ1v) is 11.3. The highest BCUT2D eigenvalue weighted by atomic mass is 79.9. The maximum atomic E-state index is 13.4. The van der Waals surface area contributed by atoms with Crippen LogP contribution < -0.4 is 5.56 Å². The van der Waals surface area contributed by atoms with E-state index >= 15 is 0 Å². The zero-order valence-electron chi connectivity index (χ0n) is 17.8. The Morgan fingerprint density at radius 3 is 2.06 bits per heavy atom. The maximum Gasteiger partial charge on any atom is 0.430 e. The fraction of sp³-hybridized carbons (Fsp3) is 0.167. The van der Waals surface area contributed by atoms with Gasteiger partial charge in [-0.2, -0.15) is 26.3 Å². The van der Waals surface area contributed by atoms with Crippen molar-refractivity contribution in [1.82, 2.24) is 9.55 Å². The topological polar surface area (TPSA) is 55.1 Å². The number of benzene rings is 3. The van der Waals surface area contributed by atoms with Gasteiger partial charge in [0.1, 0.15) is 5.82 Å². The molecule has 4 rings (SSSR count). The lowest BCUT2D eigenvalue weighted by molar-refractivity contribution is -0.376. The van der Waals surface area contributed by atoms with Gasteiger partial charge in [-0.1, -0.05) is 54.1 Å². The van der Waals surface area contributed by atoms with Crippen LogP contribution in [0.2, 0.25) is 5.02 Å². The van der Waals surface area contributed by atoms with Gasteiger partial charge in [-0.15, -0.1) is 0 Å². The monoisotopic (exact) mass is 590 g/mol. The Morgan fingerprint density at radius 1 is 0.917 bits per heavy atom. The molecule has 0 fully saturated rings. The zero-order chi connectivity index (χ0) is 26.5. The minimum atomic E-state index is -6.03. The number of aliphatic hydroxyl groups is 1. The number of rotatable bonds is 4. The van der Waals surface area contributed by atoms with Crippen molar-refractivity contribution >= 4 is 38.4 Å². The van der Waals surface area contributed by atoms with Crippen LogP contribution in [-0.4, -0.2) is 27.0 Å². The number of aromatic nitrogens is 2. The fourth-order valence-corrected chi connectivity index (χ4v) is 4.22. The summed E-state index contributed by atoms with van der Waals surface area (Å²) in [6.45, 7) is 0. The van der Waals surface area contributed by atoms with Crippen LogP contribution in [0.1, 0.15) is 17.0 Å². The van der Waals surface area contributed by atoms with E-state index in [1.54, 1.807) is 30.3 Å². The molecule has 3 aromatic carbocycles. The molecule has 0 radical (unpaired) electrons. The van der Waals surface area contributed by atoms with Gasteiger partial charge in [0.25, 0.3) is 11.2 Å². The molecule has 36 heavy (non-hydrogen) atoms. The Morgan fingerprint density at radius 2 is 1.50 bits per heavy atom. The quantitative estimate of drug-likeness (QED) is 0.269. The molecular weight excluding hydrogens is 578 g/mol. The van der Waals surface area contributed by atoms with Gasteiger partial charge in [-0.3, -0.25) is 9.36 Å². The number of alkyl halides is 6. The van der Waals surface area contributed by atoms with E-state index < -0.39 is 29.1 Å². The molecular formula is C24H14BrClF6N2O2. The second kappa shape index (κ2) is 9.20. The normalized spacial score (nSPS) is 12.8. The van der Waals surface area contributed by atoms with Gasteiger partial charge in [-0.05, 0) is 45.8 Å². The van der Waals surface area contributed by atoms with Crippen molar-refractivity contribution in [2.45, 2.75) is 24.4 Å². The van der Waals surface area contributed by atoms with Crippen LogP contribution in [0.25, 0.3) is 16.6 Å². The van der Waals surface area contributed by atoms with Crippen molar-refractivity contribution in [3.05, 3.63) is 104 Å². The van der Waals surface area contributed by atoms with Gasteiger partial charge < -0.3 is 5.11 Å². The molecule has 0 saturated carbocycles. The molecule has 0 spiro atoms. The first-order valence-electron chi connectivity index (χ1n) is 10.2. The van der Waals surface area contributed by atoms with Crippen molar-refractivity contribution in [2.75, 3.05) is 0 Å². The minimum absolute atomic E-state index is 0.0465. The Balaban J connectivity index is 1.93. The SMILES string of the molecule is O=c1c2cc(Cl)c(Br)cc2nc(Cc2ccccc2)n1-c1ccc(C(O)(C(F)(F)F)C(F)(F)F)cc1. The highest BCUT2D eigenvalue weighted by Crippen LogP contribution is 2.50. The highest BCUT2D eigenvalue weighted by molar-refractivity contribution is 9.10. The van der Waals surface area contributed by atoms with E-state index in [4.69, 9.17) is 11.6 Å². The second-order valence-corrected chi connectivity index (χ2v) is 9.13. The first-order chi connectivity index (χ1) is 16.7. The molecule has 0 amide bonds. The van der Waals surface area contributed by atoms with E-state index in [1.807, 2.05) is 0 Å². The molecule has 12 heteroatoms. The second-order valence-electron chi connectivity index (χ2n) is 7.87. The number of halogens is 8. The fourth-order valence-electron chi connectivity index (χ4n) is 3.73. The van der Waals surface area contributed by atoms with E-state index in [1.165, 1.54) is 12.1 Å². The number of nitrogens with zero attached hydrogens (tertiary/aromatic N) is 2. The third-order valence-electron chi connectivity index (χ3n) is 5.55. The predicted octanol–water partition coefficient (Wildman–Crippen LogP) is 6.70. The van der Waals surface area contributed by atoms with E-state index in [9.17, 15) is 36.2 Å². The van der Waals surface area contributed by atoms with Gasteiger partial charge >= 0.3 is 12.4 Å². The zero-order valence-corrected chi connectivity index (χ0v) is 20.2. The van der Waals surface area contributed by atoms with Crippen molar-refractivity contribution in [3.8, 4) is 5.69 Å². The Labute approximate surface area is 212 Å². The van der Waals surface area contributed by atoms with E-state index in [0.29, 0.717) is 22.1 Å². The predicted molar refractivity (Wildman–Crippen MR) is 125 cm³/mol. The summed E-state index contributed by atoms with van der Waals surface area (Å²) in [5.74, 6) is 0.183. The summed E-state index contributed by atoms with van der Waals surface area (Å²) in [4.78, 5) is 18.0. The van der Waals surface area contributed by atoms with E-state index in [0.717, 1.165) is 22.3 Å². The third-order valence-corrected chi connectivity index (χ3v) is 6.75. The van der Waals surface area contributed by atoms with Gasteiger partial charge in [0.2, 0.25) is 0 Å². The lowest BCUT2D eigenvalue weighted by atomic mass is 9.92. The minimum Gasteiger partial charge on any atom is -0.369 e.